The van der Waals surface area contributed by atoms with Crippen molar-refractivity contribution < 1.29 is 0 Å². The van der Waals surface area contributed by atoms with Gasteiger partial charge in [0.15, 0.2) is 0 Å². The molecule has 0 saturated heterocycles. The van der Waals surface area contributed by atoms with Gasteiger partial charge in [-0.05, 0) is 12.5 Å². The highest BCUT2D eigenvalue weighted by Crippen LogP contribution is 2.26. The Morgan fingerprint density at radius 1 is 1.31 bits per heavy atom. The molecule has 1 rings (SSSR count). The normalized spacial score (nSPS) is 13.6. The van der Waals surface area contributed by atoms with Crippen LogP contribution in [0.4, 0.5) is 0 Å². The second kappa shape index (κ2) is 4.67. The number of nitrogens with zero attached hydrogens (tertiary/aromatic N) is 2. The van der Waals surface area contributed by atoms with E-state index in [0.29, 0.717) is 18.4 Å². The molecule has 1 heterocycles. The molecule has 13 heavy (non-hydrogen) atoms. The largest absolute Gasteiger partial charge is 0.330 e. The molecule has 0 amide bonds. The van der Waals surface area contributed by atoms with E-state index in [4.69, 9.17) is 5.73 Å². The molecule has 0 saturated carbocycles. The Labute approximate surface area is 83.4 Å². The van der Waals surface area contributed by atoms with Gasteiger partial charge in [-0.3, -0.25) is 0 Å². The van der Waals surface area contributed by atoms with E-state index in [1.807, 2.05) is 0 Å². The van der Waals surface area contributed by atoms with Crippen LogP contribution in [0.15, 0.2) is 0 Å². The molecule has 1 unspecified atom stereocenters. The van der Waals surface area contributed by atoms with Gasteiger partial charge in [-0.15, -0.1) is 21.5 Å². The molecule has 1 aromatic heterocycles. The Hall–Kier alpha value is -0.480. The summed E-state index contributed by atoms with van der Waals surface area (Å²) in [5, 5.41) is 10.5. The van der Waals surface area contributed by atoms with Crippen molar-refractivity contribution >= 4 is 11.3 Å². The molecule has 74 valence electrons. The molecule has 2 N–H and O–H groups in total. The summed E-state index contributed by atoms with van der Waals surface area (Å²) in [6, 6.07) is 0. The minimum absolute atomic E-state index is 0.504. The second-order valence-electron chi connectivity index (χ2n) is 3.61. The standard InChI is InChI=1S/C9H17N3S/c1-6(2)7(3)9-12-11-8(13-9)4-5-10/h6-7H,4-5,10H2,1-3H3. The first-order valence-electron chi connectivity index (χ1n) is 4.67. The summed E-state index contributed by atoms with van der Waals surface area (Å²) < 4.78 is 0. The van der Waals surface area contributed by atoms with E-state index >= 15 is 0 Å². The van der Waals surface area contributed by atoms with E-state index in [1.165, 1.54) is 0 Å². The Morgan fingerprint density at radius 2 is 2.00 bits per heavy atom. The smallest absolute Gasteiger partial charge is 0.120 e. The van der Waals surface area contributed by atoms with Crippen molar-refractivity contribution in [1.82, 2.24) is 10.2 Å². The highest BCUT2D eigenvalue weighted by Gasteiger charge is 2.14. The maximum Gasteiger partial charge on any atom is 0.120 e. The first-order chi connectivity index (χ1) is 6.15. The molecule has 1 aromatic rings. The first kappa shape index (κ1) is 10.6. The zero-order valence-corrected chi connectivity index (χ0v) is 9.27. The number of nitrogens with two attached hydrogens (primary N) is 1. The van der Waals surface area contributed by atoms with E-state index in [1.54, 1.807) is 11.3 Å². The number of rotatable bonds is 4. The van der Waals surface area contributed by atoms with Crippen molar-refractivity contribution in [2.24, 2.45) is 11.7 Å². The number of aromatic nitrogens is 2. The third-order valence-corrected chi connectivity index (χ3v) is 3.41. The number of hydrogen-bond donors (Lipinski definition) is 1. The van der Waals surface area contributed by atoms with Crippen LogP contribution in [-0.2, 0) is 6.42 Å². The van der Waals surface area contributed by atoms with Crippen molar-refractivity contribution in [3.63, 3.8) is 0 Å². The molecule has 0 aliphatic heterocycles. The summed E-state index contributed by atoms with van der Waals surface area (Å²) in [5.74, 6) is 1.13. The SMILES string of the molecule is CC(C)C(C)c1nnc(CCN)s1. The molecule has 0 spiro atoms. The highest BCUT2D eigenvalue weighted by atomic mass is 32.1. The lowest BCUT2D eigenvalue weighted by Crippen LogP contribution is -2.01. The summed E-state index contributed by atoms with van der Waals surface area (Å²) in [7, 11) is 0. The fourth-order valence-corrected chi connectivity index (χ4v) is 2.04. The van der Waals surface area contributed by atoms with Crippen molar-refractivity contribution in [2.45, 2.75) is 33.1 Å². The van der Waals surface area contributed by atoms with E-state index in [9.17, 15) is 0 Å². The third-order valence-electron chi connectivity index (χ3n) is 2.23. The quantitative estimate of drug-likeness (QED) is 0.804. The van der Waals surface area contributed by atoms with Crippen LogP contribution in [0.25, 0.3) is 0 Å². The summed E-state index contributed by atoms with van der Waals surface area (Å²) >= 11 is 1.69. The average molecular weight is 199 g/mol. The van der Waals surface area contributed by atoms with Crippen LogP contribution in [0.5, 0.6) is 0 Å². The van der Waals surface area contributed by atoms with E-state index < -0.39 is 0 Å². The summed E-state index contributed by atoms with van der Waals surface area (Å²) in [6.45, 7) is 7.26. The van der Waals surface area contributed by atoms with Crippen LogP contribution < -0.4 is 5.73 Å². The first-order valence-corrected chi connectivity index (χ1v) is 5.49. The fraction of sp³-hybridized carbons (Fsp3) is 0.778. The highest BCUT2D eigenvalue weighted by molar-refractivity contribution is 7.11. The Kier molecular flexibility index (Phi) is 3.81. The zero-order chi connectivity index (χ0) is 9.84. The van der Waals surface area contributed by atoms with Gasteiger partial charge in [0.1, 0.15) is 10.0 Å². The summed E-state index contributed by atoms with van der Waals surface area (Å²) in [6.07, 6.45) is 0.850. The third kappa shape index (κ3) is 2.74. The Morgan fingerprint density at radius 3 is 2.54 bits per heavy atom. The zero-order valence-electron chi connectivity index (χ0n) is 8.45. The topological polar surface area (TPSA) is 51.8 Å². The lowest BCUT2D eigenvalue weighted by atomic mass is 9.99. The molecule has 3 nitrogen and oxygen atoms in total. The summed E-state index contributed by atoms with van der Waals surface area (Å²) in [5.41, 5.74) is 5.44. The maximum absolute atomic E-state index is 5.44. The molecule has 1 atom stereocenters. The van der Waals surface area contributed by atoms with Gasteiger partial charge < -0.3 is 5.73 Å². The molecule has 0 aromatic carbocycles. The van der Waals surface area contributed by atoms with Crippen molar-refractivity contribution in [2.75, 3.05) is 6.54 Å². The van der Waals surface area contributed by atoms with Crippen LogP contribution in [0.3, 0.4) is 0 Å². The van der Waals surface area contributed by atoms with Gasteiger partial charge in [-0.1, -0.05) is 20.8 Å². The van der Waals surface area contributed by atoms with Crippen LogP contribution in [0.1, 0.15) is 36.7 Å². The van der Waals surface area contributed by atoms with Gasteiger partial charge >= 0.3 is 0 Å². The predicted octanol–water partition coefficient (Wildman–Crippen LogP) is 1.80. The molecule has 0 radical (unpaired) electrons. The van der Waals surface area contributed by atoms with Gasteiger partial charge in [-0.2, -0.15) is 0 Å². The van der Waals surface area contributed by atoms with E-state index in [2.05, 4.69) is 31.0 Å². The van der Waals surface area contributed by atoms with Crippen molar-refractivity contribution in [3.8, 4) is 0 Å². The minimum atomic E-state index is 0.504. The molecule has 0 fully saturated rings. The number of hydrogen-bond acceptors (Lipinski definition) is 4. The molecule has 0 bridgehead atoms. The fourth-order valence-electron chi connectivity index (χ4n) is 0.960. The Bertz CT molecular complexity index is 257. The van der Waals surface area contributed by atoms with Gasteiger partial charge in [0, 0.05) is 12.3 Å². The van der Waals surface area contributed by atoms with Crippen molar-refractivity contribution in [3.05, 3.63) is 10.0 Å². The van der Waals surface area contributed by atoms with Crippen molar-refractivity contribution in [1.29, 1.82) is 0 Å². The van der Waals surface area contributed by atoms with Gasteiger partial charge in [-0.25, -0.2) is 0 Å². The molecule has 0 aliphatic carbocycles. The average Bonchev–Trinajstić information content (AvgIpc) is 2.52. The predicted molar refractivity (Wildman–Crippen MR) is 55.9 cm³/mol. The van der Waals surface area contributed by atoms with Crippen LogP contribution >= 0.6 is 11.3 Å². The molecule has 4 heteroatoms. The van der Waals surface area contributed by atoms with Gasteiger partial charge in [0.2, 0.25) is 0 Å². The minimum Gasteiger partial charge on any atom is -0.330 e. The van der Waals surface area contributed by atoms with E-state index in [0.717, 1.165) is 16.4 Å². The molecular weight excluding hydrogens is 182 g/mol. The monoisotopic (exact) mass is 199 g/mol. The molecule has 0 aliphatic rings. The lowest BCUT2D eigenvalue weighted by Gasteiger charge is -2.10. The van der Waals surface area contributed by atoms with Crippen LogP contribution in [0, 0.1) is 5.92 Å². The Balaban J connectivity index is 2.67. The lowest BCUT2D eigenvalue weighted by molar-refractivity contribution is 0.529. The van der Waals surface area contributed by atoms with Gasteiger partial charge in [0.05, 0.1) is 0 Å². The maximum atomic E-state index is 5.44. The second-order valence-corrected chi connectivity index (χ2v) is 4.70. The van der Waals surface area contributed by atoms with E-state index in [-0.39, 0.29) is 0 Å². The van der Waals surface area contributed by atoms with Crippen LogP contribution in [-0.4, -0.2) is 16.7 Å². The van der Waals surface area contributed by atoms with Gasteiger partial charge in [0.25, 0.3) is 0 Å². The summed E-state index contributed by atoms with van der Waals surface area (Å²) in [4.78, 5) is 0. The molecular formula is C9H17N3S. The van der Waals surface area contributed by atoms with Crippen LogP contribution in [0.2, 0.25) is 0 Å².